The van der Waals surface area contributed by atoms with E-state index >= 15 is 0 Å². The van der Waals surface area contributed by atoms with Gasteiger partial charge in [-0.2, -0.15) is 11.8 Å². The molecule has 0 bridgehead atoms. The summed E-state index contributed by atoms with van der Waals surface area (Å²) in [6.07, 6.45) is 6.84. The Balaban J connectivity index is 2.03. The predicted octanol–water partition coefficient (Wildman–Crippen LogP) is 2.98. The van der Waals surface area contributed by atoms with Crippen molar-refractivity contribution < 1.29 is 0 Å². The molecule has 3 heteroatoms. The molecule has 1 N–H and O–H groups in total. The lowest BCUT2D eigenvalue weighted by Crippen LogP contribution is -2.28. The molecule has 0 unspecified atom stereocenters. The van der Waals surface area contributed by atoms with E-state index in [2.05, 4.69) is 35.8 Å². The molecule has 0 aliphatic carbocycles. The first kappa shape index (κ1) is 15.3. The Morgan fingerprint density at radius 1 is 1.12 bits per heavy atom. The highest BCUT2D eigenvalue weighted by atomic mass is 32.2. The van der Waals surface area contributed by atoms with Crippen LogP contribution < -0.4 is 5.32 Å². The van der Waals surface area contributed by atoms with Gasteiger partial charge in [-0.15, -0.1) is 0 Å². The molecule has 102 valence electrons. The zero-order valence-corrected chi connectivity index (χ0v) is 12.7. The highest BCUT2D eigenvalue weighted by molar-refractivity contribution is 8.00. The van der Waals surface area contributed by atoms with Gasteiger partial charge in [0.25, 0.3) is 0 Å². The van der Waals surface area contributed by atoms with E-state index in [4.69, 9.17) is 0 Å². The maximum atomic E-state index is 3.21. The summed E-state index contributed by atoms with van der Waals surface area (Å²) >= 11 is 2.15. The Hall–Kier alpha value is 0.270. The van der Waals surface area contributed by atoms with Gasteiger partial charge in [0.15, 0.2) is 0 Å². The maximum absolute atomic E-state index is 3.21. The molecular formula is C14H30N2S. The van der Waals surface area contributed by atoms with Crippen LogP contribution in [0.3, 0.4) is 0 Å². The average Bonchev–Trinajstić information content (AvgIpc) is 2.45. The van der Waals surface area contributed by atoms with Crippen LogP contribution in [0.1, 0.15) is 46.0 Å². The molecule has 0 atom stereocenters. The van der Waals surface area contributed by atoms with Crippen LogP contribution in [0, 0.1) is 0 Å². The van der Waals surface area contributed by atoms with Crippen LogP contribution in [0.25, 0.3) is 0 Å². The maximum Gasteiger partial charge on any atom is 0.0116 e. The zero-order chi connectivity index (χ0) is 12.6. The molecule has 0 aromatic rings. The van der Waals surface area contributed by atoms with Gasteiger partial charge in [0.05, 0.1) is 0 Å². The van der Waals surface area contributed by atoms with Gasteiger partial charge < -0.3 is 10.2 Å². The van der Waals surface area contributed by atoms with Crippen LogP contribution in [-0.4, -0.2) is 48.6 Å². The molecule has 1 saturated heterocycles. The minimum absolute atomic E-state index is 0.502. The molecule has 0 radical (unpaired) electrons. The van der Waals surface area contributed by atoms with Crippen LogP contribution in [0.15, 0.2) is 0 Å². The van der Waals surface area contributed by atoms with Crippen LogP contribution in [0.5, 0.6) is 0 Å². The zero-order valence-electron chi connectivity index (χ0n) is 11.9. The van der Waals surface area contributed by atoms with Gasteiger partial charge in [-0.1, -0.05) is 26.7 Å². The third kappa shape index (κ3) is 7.32. The van der Waals surface area contributed by atoms with Crippen LogP contribution in [0.2, 0.25) is 0 Å². The standard InChI is InChI=1S/C14H30N2S/c1-14(2)8-11-16(12-13-17-14)10-7-5-4-6-9-15-3/h15H,4-13H2,1-3H3. The third-order valence-electron chi connectivity index (χ3n) is 3.58. The molecule has 0 aromatic heterocycles. The molecule has 0 spiro atoms. The number of thioether (sulfide) groups is 1. The summed E-state index contributed by atoms with van der Waals surface area (Å²) in [5.41, 5.74) is 0. The minimum Gasteiger partial charge on any atom is -0.320 e. The number of hydrogen-bond acceptors (Lipinski definition) is 3. The SMILES string of the molecule is CNCCCCCCN1CCSC(C)(C)CC1. The van der Waals surface area contributed by atoms with Gasteiger partial charge in [0.1, 0.15) is 0 Å². The molecule has 2 nitrogen and oxygen atoms in total. The fraction of sp³-hybridized carbons (Fsp3) is 1.00. The summed E-state index contributed by atoms with van der Waals surface area (Å²) in [5.74, 6) is 1.31. The van der Waals surface area contributed by atoms with Gasteiger partial charge in [-0.05, 0) is 45.9 Å². The second kappa shape index (κ2) is 8.39. The molecule has 1 aliphatic rings. The summed E-state index contributed by atoms with van der Waals surface area (Å²) in [6.45, 7) is 9.86. The predicted molar refractivity (Wildman–Crippen MR) is 80.0 cm³/mol. The molecule has 1 rings (SSSR count). The Morgan fingerprint density at radius 2 is 1.88 bits per heavy atom. The van der Waals surface area contributed by atoms with E-state index in [0.29, 0.717) is 4.75 Å². The van der Waals surface area contributed by atoms with Crippen molar-refractivity contribution in [2.24, 2.45) is 0 Å². The highest BCUT2D eigenvalue weighted by Crippen LogP contribution is 2.30. The smallest absolute Gasteiger partial charge is 0.0116 e. The highest BCUT2D eigenvalue weighted by Gasteiger charge is 2.23. The van der Waals surface area contributed by atoms with Crippen molar-refractivity contribution in [1.29, 1.82) is 0 Å². The van der Waals surface area contributed by atoms with Crippen LogP contribution in [-0.2, 0) is 0 Å². The quantitative estimate of drug-likeness (QED) is 0.707. The number of nitrogens with zero attached hydrogens (tertiary/aromatic N) is 1. The first-order chi connectivity index (χ1) is 8.14. The van der Waals surface area contributed by atoms with E-state index in [1.54, 1.807) is 0 Å². The van der Waals surface area contributed by atoms with Gasteiger partial charge in [0, 0.05) is 17.0 Å². The van der Waals surface area contributed by atoms with Gasteiger partial charge in [0.2, 0.25) is 0 Å². The van der Waals surface area contributed by atoms with E-state index in [0.717, 1.165) is 0 Å². The average molecular weight is 258 g/mol. The van der Waals surface area contributed by atoms with Crippen molar-refractivity contribution >= 4 is 11.8 Å². The molecular weight excluding hydrogens is 228 g/mol. The molecule has 0 amide bonds. The molecule has 0 saturated carbocycles. The molecule has 1 fully saturated rings. The first-order valence-electron chi connectivity index (χ1n) is 7.15. The van der Waals surface area contributed by atoms with Crippen molar-refractivity contribution in [3.8, 4) is 0 Å². The summed E-state index contributed by atoms with van der Waals surface area (Å²) in [6, 6.07) is 0. The van der Waals surface area contributed by atoms with Crippen molar-refractivity contribution in [3.05, 3.63) is 0 Å². The fourth-order valence-electron chi connectivity index (χ4n) is 2.28. The van der Waals surface area contributed by atoms with Gasteiger partial charge in [-0.3, -0.25) is 0 Å². The minimum atomic E-state index is 0.502. The molecule has 1 heterocycles. The van der Waals surface area contributed by atoms with E-state index < -0.39 is 0 Å². The van der Waals surface area contributed by atoms with Crippen molar-refractivity contribution in [1.82, 2.24) is 10.2 Å². The van der Waals surface area contributed by atoms with E-state index in [1.807, 2.05) is 7.05 Å². The number of rotatable bonds is 7. The Morgan fingerprint density at radius 3 is 2.65 bits per heavy atom. The summed E-state index contributed by atoms with van der Waals surface area (Å²) in [4.78, 5) is 2.67. The third-order valence-corrected chi connectivity index (χ3v) is 4.95. The number of hydrogen-bond donors (Lipinski definition) is 1. The van der Waals surface area contributed by atoms with Gasteiger partial charge in [-0.25, -0.2) is 0 Å². The van der Waals surface area contributed by atoms with Gasteiger partial charge >= 0.3 is 0 Å². The largest absolute Gasteiger partial charge is 0.320 e. The summed E-state index contributed by atoms with van der Waals surface area (Å²) in [5, 5.41) is 3.21. The normalized spacial score (nSPS) is 21.4. The second-order valence-electron chi connectivity index (χ2n) is 5.72. The lowest BCUT2D eigenvalue weighted by Gasteiger charge is -2.22. The lowest BCUT2D eigenvalue weighted by molar-refractivity contribution is 0.277. The lowest BCUT2D eigenvalue weighted by atomic mass is 10.1. The van der Waals surface area contributed by atoms with Crippen molar-refractivity contribution in [2.45, 2.75) is 50.7 Å². The molecule has 1 aliphatic heterocycles. The van der Waals surface area contributed by atoms with E-state index in [1.165, 1.54) is 64.0 Å². The van der Waals surface area contributed by atoms with Crippen molar-refractivity contribution in [3.63, 3.8) is 0 Å². The van der Waals surface area contributed by atoms with E-state index in [9.17, 15) is 0 Å². The van der Waals surface area contributed by atoms with Crippen LogP contribution >= 0.6 is 11.8 Å². The van der Waals surface area contributed by atoms with E-state index in [-0.39, 0.29) is 0 Å². The van der Waals surface area contributed by atoms with Crippen molar-refractivity contribution in [2.75, 3.05) is 39.0 Å². The fourth-order valence-corrected chi connectivity index (χ4v) is 3.41. The Labute approximate surface area is 112 Å². The summed E-state index contributed by atoms with van der Waals surface area (Å²) < 4.78 is 0.502. The monoisotopic (exact) mass is 258 g/mol. The Bertz CT molecular complexity index is 195. The second-order valence-corrected chi connectivity index (χ2v) is 7.52. The topological polar surface area (TPSA) is 15.3 Å². The summed E-state index contributed by atoms with van der Waals surface area (Å²) in [7, 11) is 2.04. The Kier molecular flexibility index (Phi) is 7.56. The molecule has 0 aromatic carbocycles. The number of nitrogens with one attached hydrogen (secondary N) is 1. The number of unbranched alkanes of at least 4 members (excludes halogenated alkanes) is 3. The first-order valence-corrected chi connectivity index (χ1v) is 8.13. The molecule has 17 heavy (non-hydrogen) atoms. The van der Waals surface area contributed by atoms with Crippen LogP contribution in [0.4, 0.5) is 0 Å².